The van der Waals surface area contributed by atoms with Crippen molar-refractivity contribution in [1.29, 1.82) is 0 Å². The Labute approximate surface area is 146 Å². The van der Waals surface area contributed by atoms with Crippen molar-refractivity contribution in [1.82, 2.24) is 25.5 Å². The van der Waals surface area contributed by atoms with Gasteiger partial charge in [-0.15, -0.1) is 10.2 Å². The molecule has 1 amide bonds. The fraction of sp³-hybridized carbons (Fsp3) is 0.471. The Morgan fingerprint density at radius 3 is 2.52 bits per heavy atom. The van der Waals surface area contributed by atoms with E-state index < -0.39 is 0 Å². The summed E-state index contributed by atoms with van der Waals surface area (Å²) in [5.41, 5.74) is 0. The molecule has 1 aliphatic heterocycles. The van der Waals surface area contributed by atoms with Gasteiger partial charge in [-0.1, -0.05) is 0 Å². The minimum atomic E-state index is 0.127. The van der Waals surface area contributed by atoms with Gasteiger partial charge in [0.1, 0.15) is 5.82 Å². The zero-order chi connectivity index (χ0) is 17.1. The SMILES string of the molecule is O=C(NC1CC1)C1CCN(c2ccc(Nc3cnccn3)nn2)CC1. The molecule has 8 heteroatoms. The van der Waals surface area contributed by atoms with Crippen molar-refractivity contribution in [3.63, 3.8) is 0 Å². The van der Waals surface area contributed by atoms with Gasteiger partial charge in [0.2, 0.25) is 5.91 Å². The van der Waals surface area contributed by atoms with Crippen LogP contribution in [0.25, 0.3) is 0 Å². The number of carbonyl (C=O) groups excluding carboxylic acids is 1. The van der Waals surface area contributed by atoms with Gasteiger partial charge in [-0.3, -0.25) is 9.78 Å². The van der Waals surface area contributed by atoms with Crippen molar-refractivity contribution in [2.24, 2.45) is 5.92 Å². The van der Waals surface area contributed by atoms with Crippen molar-refractivity contribution >= 4 is 23.4 Å². The zero-order valence-electron chi connectivity index (χ0n) is 13.9. The molecule has 2 aromatic rings. The monoisotopic (exact) mass is 339 g/mol. The van der Waals surface area contributed by atoms with Gasteiger partial charge in [0, 0.05) is 37.4 Å². The number of amides is 1. The van der Waals surface area contributed by atoms with Crippen molar-refractivity contribution in [3.8, 4) is 0 Å². The van der Waals surface area contributed by atoms with E-state index in [1.54, 1.807) is 18.6 Å². The van der Waals surface area contributed by atoms with Gasteiger partial charge in [0.15, 0.2) is 11.6 Å². The van der Waals surface area contributed by atoms with E-state index in [-0.39, 0.29) is 11.8 Å². The van der Waals surface area contributed by atoms with E-state index >= 15 is 0 Å². The highest BCUT2D eigenvalue weighted by Crippen LogP contribution is 2.25. The summed E-state index contributed by atoms with van der Waals surface area (Å²) in [5, 5.41) is 14.7. The second kappa shape index (κ2) is 7.00. The lowest BCUT2D eigenvalue weighted by molar-refractivity contribution is -0.125. The molecule has 8 nitrogen and oxygen atoms in total. The van der Waals surface area contributed by atoms with Gasteiger partial charge in [-0.2, -0.15) is 0 Å². The molecule has 1 saturated heterocycles. The Morgan fingerprint density at radius 2 is 1.88 bits per heavy atom. The lowest BCUT2D eigenvalue weighted by Gasteiger charge is -2.31. The van der Waals surface area contributed by atoms with E-state index in [2.05, 4.69) is 35.7 Å². The fourth-order valence-electron chi connectivity index (χ4n) is 2.97. The van der Waals surface area contributed by atoms with Crippen LogP contribution in [0, 0.1) is 5.92 Å². The molecule has 0 atom stereocenters. The predicted molar refractivity (Wildman–Crippen MR) is 93.4 cm³/mol. The molecule has 0 spiro atoms. The van der Waals surface area contributed by atoms with E-state index in [9.17, 15) is 4.79 Å². The summed E-state index contributed by atoms with van der Waals surface area (Å²) in [6.07, 6.45) is 8.86. The molecule has 130 valence electrons. The van der Waals surface area contributed by atoms with Gasteiger partial charge in [-0.05, 0) is 37.8 Å². The molecule has 2 aromatic heterocycles. The minimum Gasteiger partial charge on any atom is -0.355 e. The van der Waals surface area contributed by atoms with Crippen LogP contribution in [0.15, 0.2) is 30.7 Å². The van der Waals surface area contributed by atoms with Gasteiger partial charge < -0.3 is 15.5 Å². The lowest BCUT2D eigenvalue weighted by Crippen LogP contribution is -2.41. The number of nitrogens with one attached hydrogen (secondary N) is 2. The summed E-state index contributed by atoms with van der Waals surface area (Å²) in [5.74, 6) is 2.44. The minimum absolute atomic E-state index is 0.127. The van der Waals surface area contributed by atoms with E-state index in [0.717, 1.165) is 44.6 Å². The van der Waals surface area contributed by atoms with E-state index in [1.807, 2.05) is 12.1 Å². The highest BCUT2D eigenvalue weighted by Gasteiger charge is 2.30. The first-order valence-electron chi connectivity index (χ1n) is 8.70. The van der Waals surface area contributed by atoms with Crippen LogP contribution in [-0.4, -0.2) is 45.2 Å². The quantitative estimate of drug-likeness (QED) is 0.852. The Kier molecular flexibility index (Phi) is 4.41. The van der Waals surface area contributed by atoms with Crippen molar-refractivity contribution in [2.45, 2.75) is 31.7 Å². The topological polar surface area (TPSA) is 95.9 Å². The molecule has 1 aliphatic carbocycles. The number of piperidine rings is 1. The molecule has 0 unspecified atom stereocenters. The number of nitrogens with zero attached hydrogens (tertiary/aromatic N) is 5. The third-order valence-electron chi connectivity index (χ3n) is 4.58. The van der Waals surface area contributed by atoms with Crippen LogP contribution in [0.2, 0.25) is 0 Å². The smallest absolute Gasteiger partial charge is 0.223 e. The van der Waals surface area contributed by atoms with Crippen molar-refractivity contribution in [2.75, 3.05) is 23.3 Å². The lowest BCUT2D eigenvalue weighted by atomic mass is 9.96. The third kappa shape index (κ3) is 4.01. The molecule has 2 N–H and O–H groups in total. The van der Waals surface area contributed by atoms with Crippen LogP contribution in [0.1, 0.15) is 25.7 Å². The van der Waals surface area contributed by atoms with Crippen molar-refractivity contribution in [3.05, 3.63) is 30.7 Å². The molecule has 1 saturated carbocycles. The van der Waals surface area contributed by atoms with Crippen LogP contribution >= 0.6 is 0 Å². The predicted octanol–water partition coefficient (Wildman–Crippen LogP) is 1.51. The third-order valence-corrected chi connectivity index (χ3v) is 4.58. The summed E-state index contributed by atoms with van der Waals surface area (Å²) in [7, 11) is 0. The van der Waals surface area contributed by atoms with Gasteiger partial charge >= 0.3 is 0 Å². The zero-order valence-corrected chi connectivity index (χ0v) is 13.9. The number of rotatable bonds is 5. The summed E-state index contributed by atoms with van der Waals surface area (Å²) < 4.78 is 0. The van der Waals surface area contributed by atoms with Gasteiger partial charge in [0.05, 0.1) is 6.20 Å². The summed E-state index contributed by atoms with van der Waals surface area (Å²) in [6.45, 7) is 1.66. The van der Waals surface area contributed by atoms with Gasteiger partial charge in [0.25, 0.3) is 0 Å². The number of anilines is 3. The molecule has 0 radical (unpaired) electrons. The molecule has 0 bridgehead atoms. The first-order valence-corrected chi connectivity index (χ1v) is 8.70. The molecule has 2 aliphatic rings. The van der Waals surface area contributed by atoms with E-state index in [4.69, 9.17) is 0 Å². The van der Waals surface area contributed by atoms with E-state index in [1.165, 1.54) is 0 Å². The Morgan fingerprint density at radius 1 is 1.04 bits per heavy atom. The first-order chi connectivity index (χ1) is 12.3. The average molecular weight is 339 g/mol. The molecular weight excluding hydrogens is 318 g/mol. The van der Waals surface area contributed by atoms with Crippen LogP contribution < -0.4 is 15.5 Å². The summed E-state index contributed by atoms with van der Waals surface area (Å²) in [4.78, 5) is 22.5. The van der Waals surface area contributed by atoms with Gasteiger partial charge in [-0.25, -0.2) is 4.98 Å². The normalized spacial score (nSPS) is 18.0. The Hall–Kier alpha value is -2.77. The maximum Gasteiger partial charge on any atom is 0.223 e. The van der Waals surface area contributed by atoms with Crippen LogP contribution in [0.3, 0.4) is 0 Å². The van der Waals surface area contributed by atoms with E-state index in [0.29, 0.717) is 17.7 Å². The highest BCUT2D eigenvalue weighted by molar-refractivity contribution is 5.79. The molecule has 4 rings (SSSR count). The summed E-state index contributed by atoms with van der Waals surface area (Å²) >= 11 is 0. The standard InChI is InChI=1S/C17H21N7O/c25-17(20-13-1-2-13)12-5-9-24(10-6-12)16-4-3-14(22-23-16)21-15-11-18-7-8-19-15/h3-4,7-8,11-13H,1-2,5-6,9-10H2,(H,20,25)(H,19,21,22). The molecule has 25 heavy (non-hydrogen) atoms. The molecular formula is C17H21N7O. The van der Waals surface area contributed by atoms with Crippen molar-refractivity contribution < 1.29 is 4.79 Å². The number of carbonyl (C=O) groups is 1. The summed E-state index contributed by atoms with van der Waals surface area (Å²) in [6, 6.07) is 4.25. The largest absolute Gasteiger partial charge is 0.355 e. The molecule has 3 heterocycles. The maximum absolute atomic E-state index is 12.1. The van der Waals surface area contributed by atoms with Crippen LogP contribution in [0.5, 0.6) is 0 Å². The first kappa shape index (κ1) is 15.7. The fourth-order valence-corrected chi connectivity index (χ4v) is 2.97. The molecule has 0 aromatic carbocycles. The Bertz CT molecular complexity index is 710. The van der Waals surface area contributed by atoms with Crippen LogP contribution in [-0.2, 0) is 4.79 Å². The average Bonchev–Trinajstić information content (AvgIpc) is 3.47. The highest BCUT2D eigenvalue weighted by atomic mass is 16.2. The van der Waals surface area contributed by atoms with Crippen LogP contribution in [0.4, 0.5) is 17.5 Å². The number of hydrogen-bond donors (Lipinski definition) is 2. The second-order valence-electron chi connectivity index (χ2n) is 6.54. The maximum atomic E-state index is 12.1. The number of hydrogen-bond acceptors (Lipinski definition) is 7. The Balaban J connectivity index is 1.31. The number of aromatic nitrogens is 4. The molecule has 2 fully saturated rings. The second-order valence-corrected chi connectivity index (χ2v) is 6.54.